The van der Waals surface area contributed by atoms with Crippen LogP contribution in [-0.4, -0.2) is 16.0 Å². The predicted molar refractivity (Wildman–Crippen MR) is 70.9 cm³/mol. The average molecular weight is 260 g/mol. The first-order valence-corrected chi connectivity index (χ1v) is 6.47. The van der Waals surface area contributed by atoms with Gasteiger partial charge < -0.3 is 9.73 Å². The van der Waals surface area contributed by atoms with Crippen molar-refractivity contribution in [3.63, 3.8) is 0 Å². The number of carbonyl (C=O) groups is 1. The molecule has 0 aliphatic heterocycles. The van der Waals surface area contributed by atoms with Crippen LogP contribution in [0.4, 0.5) is 0 Å². The maximum absolute atomic E-state index is 12.0. The van der Waals surface area contributed by atoms with E-state index in [4.69, 9.17) is 4.42 Å². The molecule has 1 amide bonds. The lowest BCUT2D eigenvalue weighted by atomic mass is 9.78. The summed E-state index contributed by atoms with van der Waals surface area (Å²) in [7, 11) is 0. The number of nitrogens with one attached hydrogen (secondary N) is 1. The minimum absolute atomic E-state index is 0.00539. The fraction of sp³-hybridized carbons (Fsp3) is 0.429. The topological polar surface area (TPSA) is 64.2 Å². The van der Waals surface area contributed by atoms with Crippen LogP contribution in [0.15, 0.2) is 33.5 Å². The van der Waals surface area contributed by atoms with Crippen molar-refractivity contribution in [3.05, 3.63) is 34.8 Å². The van der Waals surface area contributed by atoms with E-state index in [0.29, 0.717) is 11.1 Å². The van der Waals surface area contributed by atoms with Gasteiger partial charge in [-0.1, -0.05) is 12.1 Å². The molecule has 0 saturated heterocycles. The summed E-state index contributed by atoms with van der Waals surface area (Å²) in [5.41, 5.74) is 1.07. The molecule has 0 bridgehead atoms. The summed E-state index contributed by atoms with van der Waals surface area (Å²) in [6.07, 6.45) is 3.14. The molecule has 0 radical (unpaired) electrons. The predicted octanol–water partition coefficient (Wildman–Crippen LogP) is 1.65. The monoisotopic (exact) mass is 260 g/mol. The Kier molecular flexibility index (Phi) is 2.69. The molecule has 1 aromatic heterocycles. The van der Waals surface area contributed by atoms with E-state index in [9.17, 15) is 9.59 Å². The molecule has 3 rings (SSSR count). The molecule has 5 nitrogen and oxygen atoms in total. The molecule has 1 fully saturated rings. The lowest BCUT2D eigenvalue weighted by molar-refractivity contribution is -0.124. The molecule has 1 aliphatic rings. The Hall–Kier alpha value is -2.04. The van der Waals surface area contributed by atoms with Gasteiger partial charge >= 0.3 is 5.76 Å². The second kappa shape index (κ2) is 4.26. The summed E-state index contributed by atoms with van der Waals surface area (Å²) in [6, 6.07) is 7.11. The highest BCUT2D eigenvalue weighted by Gasteiger charge is 2.33. The highest BCUT2D eigenvalue weighted by molar-refractivity contribution is 5.80. The summed E-state index contributed by atoms with van der Waals surface area (Å²) < 4.78 is 6.47. The van der Waals surface area contributed by atoms with Crippen molar-refractivity contribution >= 4 is 17.0 Å². The standard InChI is InChI=1S/C14H16N2O3/c1-14(7-4-8-14)15-12(17)9-16-10-5-2-3-6-11(10)19-13(16)18/h2-3,5-6H,4,7-9H2,1H3,(H,15,17). The number of benzene rings is 1. The van der Waals surface area contributed by atoms with Crippen LogP contribution >= 0.6 is 0 Å². The molecular formula is C14H16N2O3. The first-order chi connectivity index (χ1) is 9.07. The van der Waals surface area contributed by atoms with Gasteiger partial charge in [0.25, 0.3) is 0 Å². The molecule has 19 heavy (non-hydrogen) atoms. The van der Waals surface area contributed by atoms with Crippen molar-refractivity contribution in [2.45, 2.75) is 38.3 Å². The third-order valence-electron chi connectivity index (χ3n) is 3.77. The molecule has 1 saturated carbocycles. The summed E-state index contributed by atoms with van der Waals surface area (Å²) >= 11 is 0. The Morgan fingerprint density at radius 1 is 1.42 bits per heavy atom. The second-order valence-electron chi connectivity index (χ2n) is 5.38. The second-order valence-corrected chi connectivity index (χ2v) is 5.38. The van der Waals surface area contributed by atoms with E-state index in [1.54, 1.807) is 18.2 Å². The van der Waals surface area contributed by atoms with Gasteiger partial charge in [-0.15, -0.1) is 0 Å². The lowest BCUT2D eigenvalue weighted by Gasteiger charge is -2.39. The maximum atomic E-state index is 12.0. The number of hydrogen-bond acceptors (Lipinski definition) is 3. The number of para-hydroxylation sites is 2. The molecule has 1 aromatic carbocycles. The number of aromatic nitrogens is 1. The normalized spacial score (nSPS) is 17.1. The van der Waals surface area contributed by atoms with Crippen LogP contribution in [-0.2, 0) is 11.3 Å². The fourth-order valence-electron chi connectivity index (χ4n) is 2.52. The highest BCUT2D eigenvalue weighted by Crippen LogP contribution is 2.30. The SMILES string of the molecule is CC1(NC(=O)Cn2c(=O)oc3ccccc32)CCC1. The van der Waals surface area contributed by atoms with Crippen molar-refractivity contribution in [2.24, 2.45) is 0 Å². The molecular weight excluding hydrogens is 244 g/mol. The number of hydrogen-bond donors (Lipinski definition) is 1. The van der Waals surface area contributed by atoms with Gasteiger partial charge in [-0.25, -0.2) is 4.79 Å². The molecule has 1 aliphatic carbocycles. The van der Waals surface area contributed by atoms with E-state index >= 15 is 0 Å². The Morgan fingerprint density at radius 3 is 2.84 bits per heavy atom. The average Bonchev–Trinajstić information content (AvgIpc) is 2.64. The van der Waals surface area contributed by atoms with Gasteiger partial charge in [-0.3, -0.25) is 9.36 Å². The van der Waals surface area contributed by atoms with E-state index in [-0.39, 0.29) is 18.0 Å². The van der Waals surface area contributed by atoms with E-state index in [1.165, 1.54) is 4.57 Å². The molecule has 0 atom stereocenters. The summed E-state index contributed by atoms with van der Waals surface area (Å²) in [4.78, 5) is 23.7. The molecule has 5 heteroatoms. The summed E-state index contributed by atoms with van der Waals surface area (Å²) in [5, 5.41) is 2.98. The van der Waals surface area contributed by atoms with E-state index in [0.717, 1.165) is 19.3 Å². The molecule has 1 N–H and O–H groups in total. The zero-order valence-electron chi connectivity index (χ0n) is 10.8. The molecule has 0 spiro atoms. The number of nitrogens with zero attached hydrogens (tertiary/aromatic N) is 1. The van der Waals surface area contributed by atoms with Crippen LogP contribution in [0.1, 0.15) is 26.2 Å². The van der Waals surface area contributed by atoms with Crippen LogP contribution in [0, 0.1) is 0 Å². The summed E-state index contributed by atoms with van der Waals surface area (Å²) in [5.74, 6) is -0.633. The van der Waals surface area contributed by atoms with Crippen molar-refractivity contribution in [1.82, 2.24) is 9.88 Å². The van der Waals surface area contributed by atoms with Crippen molar-refractivity contribution < 1.29 is 9.21 Å². The lowest BCUT2D eigenvalue weighted by Crippen LogP contribution is -2.52. The first kappa shape index (κ1) is 12.0. The number of carbonyl (C=O) groups excluding carboxylic acids is 1. The Bertz CT molecular complexity index is 679. The zero-order chi connectivity index (χ0) is 13.5. The summed E-state index contributed by atoms with van der Waals surface area (Å²) in [6.45, 7) is 2.04. The van der Waals surface area contributed by atoms with Crippen LogP contribution < -0.4 is 11.1 Å². The van der Waals surface area contributed by atoms with Crippen LogP contribution in [0.25, 0.3) is 11.1 Å². The van der Waals surface area contributed by atoms with Crippen LogP contribution in [0.3, 0.4) is 0 Å². The van der Waals surface area contributed by atoms with Gasteiger partial charge in [0.15, 0.2) is 5.58 Å². The smallest absolute Gasteiger partial charge is 0.408 e. The number of rotatable bonds is 3. The van der Waals surface area contributed by atoms with Crippen molar-refractivity contribution in [2.75, 3.05) is 0 Å². The van der Waals surface area contributed by atoms with Gasteiger partial charge in [-0.2, -0.15) is 0 Å². The maximum Gasteiger partial charge on any atom is 0.420 e. The van der Waals surface area contributed by atoms with E-state index in [2.05, 4.69) is 5.32 Å². The van der Waals surface area contributed by atoms with Crippen molar-refractivity contribution in [1.29, 1.82) is 0 Å². The molecule has 0 unspecified atom stereocenters. The highest BCUT2D eigenvalue weighted by atomic mass is 16.4. The Morgan fingerprint density at radius 2 is 2.16 bits per heavy atom. The third-order valence-corrected chi connectivity index (χ3v) is 3.77. The third kappa shape index (κ3) is 2.16. The molecule has 1 heterocycles. The van der Waals surface area contributed by atoms with Gasteiger partial charge in [0.2, 0.25) is 5.91 Å². The van der Waals surface area contributed by atoms with Gasteiger partial charge in [-0.05, 0) is 38.3 Å². The molecule has 100 valence electrons. The number of fused-ring (bicyclic) bond motifs is 1. The van der Waals surface area contributed by atoms with E-state index in [1.807, 2.05) is 13.0 Å². The number of amides is 1. The minimum Gasteiger partial charge on any atom is -0.408 e. The van der Waals surface area contributed by atoms with Gasteiger partial charge in [0, 0.05) is 5.54 Å². The van der Waals surface area contributed by atoms with E-state index < -0.39 is 5.76 Å². The van der Waals surface area contributed by atoms with Gasteiger partial charge in [0.1, 0.15) is 6.54 Å². The Labute approximate surface area is 110 Å². The van der Waals surface area contributed by atoms with Crippen LogP contribution in [0.5, 0.6) is 0 Å². The first-order valence-electron chi connectivity index (χ1n) is 6.47. The largest absolute Gasteiger partial charge is 0.420 e. The van der Waals surface area contributed by atoms with Crippen molar-refractivity contribution in [3.8, 4) is 0 Å². The fourth-order valence-corrected chi connectivity index (χ4v) is 2.52. The quantitative estimate of drug-likeness (QED) is 0.912. The van der Waals surface area contributed by atoms with Gasteiger partial charge in [0.05, 0.1) is 5.52 Å². The van der Waals surface area contributed by atoms with Crippen LogP contribution in [0.2, 0.25) is 0 Å². The Balaban J connectivity index is 1.83. The number of oxazole rings is 1. The minimum atomic E-state index is -0.491. The molecule has 2 aromatic rings. The zero-order valence-corrected chi connectivity index (χ0v) is 10.8.